The Labute approximate surface area is 81.8 Å². The van der Waals surface area contributed by atoms with E-state index in [4.69, 9.17) is 0 Å². The zero-order valence-corrected chi connectivity index (χ0v) is 7.82. The Balaban J connectivity index is 2.83. The highest BCUT2D eigenvalue weighted by molar-refractivity contribution is 5.96. The molecule has 2 aromatic carbocycles. The number of aldehydes is 1. The smallest absolute Gasteiger partial charge is 0.153 e. The quantitative estimate of drug-likeness (QED) is 0.695. The summed E-state index contributed by atoms with van der Waals surface area (Å²) < 4.78 is 0. The van der Waals surface area contributed by atoms with Crippen LogP contribution in [0.3, 0.4) is 0 Å². The number of carbonyl (C=O) groups is 1. The SMILES string of the molecule is Cc1ccc2c(O)c(C=O)ccc2c1. The fourth-order valence-corrected chi connectivity index (χ4v) is 1.54. The number of rotatable bonds is 1. The van der Waals surface area contributed by atoms with Crippen LogP contribution in [-0.4, -0.2) is 11.4 Å². The number of aromatic hydroxyl groups is 1. The van der Waals surface area contributed by atoms with E-state index in [1.54, 1.807) is 6.07 Å². The number of hydrogen-bond acceptors (Lipinski definition) is 2. The van der Waals surface area contributed by atoms with Crippen molar-refractivity contribution in [3.05, 3.63) is 41.5 Å². The van der Waals surface area contributed by atoms with Gasteiger partial charge in [0.25, 0.3) is 0 Å². The molecule has 2 aromatic rings. The van der Waals surface area contributed by atoms with Gasteiger partial charge in [-0.3, -0.25) is 4.79 Å². The van der Waals surface area contributed by atoms with Crippen molar-refractivity contribution in [1.29, 1.82) is 0 Å². The maximum absolute atomic E-state index is 10.6. The molecule has 14 heavy (non-hydrogen) atoms. The van der Waals surface area contributed by atoms with Crippen LogP contribution in [0.5, 0.6) is 5.75 Å². The molecule has 2 nitrogen and oxygen atoms in total. The van der Waals surface area contributed by atoms with Gasteiger partial charge in [0.15, 0.2) is 6.29 Å². The van der Waals surface area contributed by atoms with Crippen LogP contribution >= 0.6 is 0 Å². The van der Waals surface area contributed by atoms with Crippen molar-refractivity contribution >= 4 is 17.1 Å². The molecule has 0 radical (unpaired) electrons. The molecule has 2 heteroatoms. The second kappa shape index (κ2) is 3.14. The summed E-state index contributed by atoms with van der Waals surface area (Å²) in [6.45, 7) is 1.99. The van der Waals surface area contributed by atoms with Crippen molar-refractivity contribution in [1.82, 2.24) is 0 Å². The van der Waals surface area contributed by atoms with Gasteiger partial charge >= 0.3 is 0 Å². The number of aryl methyl sites for hydroxylation is 1. The van der Waals surface area contributed by atoms with Gasteiger partial charge in [0, 0.05) is 5.39 Å². The summed E-state index contributed by atoms with van der Waals surface area (Å²) in [5, 5.41) is 11.4. The van der Waals surface area contributed by atoms with Gasteiger partial charge in [-0.25, -0.2) is 0 Å². The predicted molar refractivity (Wildman–Crippen MR) is 55.7 cm³/mol. The van der Waals surface area contributed by atoms with E-state index in [-0.39, 0.29) is 5.75 Å². The molecule has 0 aliphatic carbocycles. The van der Waals surface area contributed by atoms with E-state index < -0.39 is 0 Å². The molecule has 0 bridgehead atoms. The van der Waals surface area contributed by atoms with E-state index >= 15 is 0 Å². The predicted octanol–water partition coefficient (Wildman–Crippen LogP) is 2.67. The molecular formula is C12H10O2. The summed E-state index contributed by atoms with van der Waals surface area (Å²) in [6, 6.07) is 9.18. The Hall–Kier alpha value is -1.83. The highest BCUT2D eigenvalue weighted by atomic mass is 16.3. The highest BCUT2D eigenvalue weighted by Gasteiger charge is 2.04. The minimum absolute atomic E-state index is 0.0671. The van der Waals surface area contributed by atoms with Crippen LogP contribution in [-0.2, 0) is 0 Å². The Bertz CT molecular complexity index is 501. The number of hydrogen-bond donors (Lipinski definition) is 1. The van der Waals surface area contributed by atoms with Crippen LogP contribution in [0.1, 0.15) is 15.9 Å². The summed E-state index contributed by atoms with van der Waals surface area (Å²) in [4.78, 5) is 10.6. The van der Waals surface area contributed by atoms with Crippen molar-refractivity contribution < 1.29 is 9.90 Å². The van der Waals surface area contributed by atoms with Gasteiger partial charge in [0.1, 0.15) is 5.75 Å². The minimum atomic E-state index is 0.0671. The van der Waals surface area contributed by atoms with Crippen molar-refractivity contribution in [2.45, 2.75) is 6.92 Å². The third-order valence-electron chi connectivity index (χ3n) is 2.31. The van der Waals surface area contributed by atoms with Crippen molar-refractivity contribution in [3.63, 3.8) is 0 Å². The number of fused-ring (bicyclic) bond motifs is 1. The van der Waals surface area contributed by atoms with E-state index in [2.05, 4.69) is 0 Å². The second-order valence-corrected chi connectivity index (χ2v) is 3.35. The van der Waals surface area contributed by atoms with E-state index in [1.165, 1.54) is 0 Å². The first-order valence-electron chi connectivity index (χ1n) is 4.40. The van der Waals surface area contributed by atoms with Crippen molar-refractivity contribution in [2.24, 2.45) is 0 Å². The second-order valence-electron chi connectivity index (χ2n) is 3.35. The van der Waals surface area contributed by atoms with Crippen LogP contribution in [0.25, 0.3) is 10.8 Å². The summed E-state index contributed by atoms with van der Waals surface area (Å²) in [7, 11) is 0. The molecule has 0 amide bonds. The van der Waals surface area contributed by atoms with E-state index in [0.717, 1.165) is 16.3 Å². The van der Waals surface area contributed by atoms with Crippen LogP contribution in [0, 0.1) is 6.92 Å². The molecule has 0 fully saturated rings. The molecule has 0 aromatic heterocycles. The Kier molecular flexibility index (Phi) is 1.97. The summed E-state index contributed by atoms with van der Waals surface area (Å²) in [5.74, 6) is 0.0671. The molecule has 0 spiro atoms. The van der Waals surface area contributed by atoms with Crippen LogP contribution in [0.4, 0.5) is 0 Å². The van der Waals surface area contributed by atoms with Crippen LogP contribution in [0.15, 0.2) is 30.3 Å². The van der Waals surface area contributed by atoms with Crippen LogP contribution < -0.4 is 0 Å². The molecule has 70 valence electrons. The maximum Gasteiger partial charge on any atom is 0.153 e. The third-order valence-corrected chi connectivity index (χ3v) is 2.31. The van der Waals surface area contributed by atoms with E-state index in [1.807, 2.05) is 31.2 Å². The summed E-state index contributed by atoms with van der Waals surface area (Å²) in [5.41, 5.74) is 1.47. The lowest BCUT2D eigenvalue weighted by Gasteiger charge is -2.03. The molecule has 0 aliphatic heterocycles. The van der Waals surface area contributed by atoms with Gasteiger partial charge in [-0.05, 0) is 18.4 Å². The van der Waals surface area contributed by atoms with Crippen molar-refractivity contribution in [3.8, 4) is 5.75 Å². The van der Waals surface area contributed by atoms with Gasteiger partial charge < -0.3 is 5.11 Å². The lowest BCUT2D eigenvalue weighted by atomic mass is 10.0. The first-order chi connectivity index (χ1) is 6.72. The van der Waals surface area contributed by atoms with E-state index in [9.17, 15) is 9.90 Å². The molecule has 0 atom stereocenters. The lowest BCUT2D eigenvalue weighted by Crippen LogP contribution is -1.83. The van der Waals surface area contributed by atoms with Gasteiger partial charge in [-0.2, -0.15) is 0 Å². The topological polar surface area (TPSA) is 37.3 Å². The number of carbonyl (C=O) groups excluding carboxylic acids is 1. The Morgan fingerprint density at radius 1 is 1.21 bits per heavy atom. The summed E-state index contributed by atoms with van der Waals surface area (Å²) in [6.07, 6.45) is 0.661. The molecule has 0 aliphatic rings. The fraction of sp³-hybridized carbons (Fsp3) is 0.0833. The normalized spacial score (nSPS) is 10.4. The zero-order valence-electron chi connectivity index (χ0n) is 7.82. The van der Waals surface area contributed by atoms with Gasteiger partial charge in [-0.1, -0.05) is 29.8 Å². The first-order valence-corrected chi connectivity index (χ1v) is 4.40. The third kappa shape index (κ3) is 1.25. The number of phenols is 1. The van der Waals surface area contributed by atoms with Gasteiger partial charge in [-0.15, -0.1) is 0 Å². The Morgan fingerprint density at radius 2 is 2.00 bits per heavy atom. The maximum atomic E-state index is 10.6. The molecule has 1 N–H and O–H groups in total. The average Bonchev–Trinajstić information content (AvgIpc) is 2.18. The van der Waals surface area contributed by atoms with Gasteiger partial charge in [0.05, 0.1) is 5.56 Å². The largest absolute Gasteiger partial charge is 0.507 e. The first kappa shape index (κ1) is 8.75. The lowest BCUT2D eigenvalue weighted by molar-refractivity contribution is 0.112. The monoisotopic (exact) mass is 186 g/mol. The standard InChI is InChI=1S/C12H10O2/c1-8-2-5-11-9(6-8)3-4-10(7-13)12(11)14/h2-7,14H,1H3. The van der Waals surface area contributed by atoms with E-state index in [0.29, 0.717) is 11.8 Å². The average molecular weight is 186 g/mol. The molecule has 0 heterocycles. The highest BCUT2D eigenvalue weighted by Crippen LogP contribution is 2.28. The zero-order chi connectivity index (χ0) is 10.1. The molecule has 0 saturated heterocycles. The Morgan fingerprint density at radius 3 is 2.71 bits per heavy atom. The van der Waals surface area contributed by atoms with Crippen LogP contribution in [0.2, 0.25) is 0 Å². The number of benzene rings is 2. The minimum Gasteiger partial charge on any atom is -0.507 e. The van der Waals surface area contributed by atoms with Gasteiger partial charge in [0.2, 0.25) is 0 Å². The molecule has 0 unspecified atom stereocenters. The fourth-order valence-electron chi connectivity index (χ4n) is 1.54. The molecule has 0 saturated carbocycles. The van der Waals surface area contributed by atoms with Crippen molar-refractivity contribution in [2.75, 3.05) is 0 Å². The summed E-state index contributed by atoms with van der Waals surface area (Å²) >= 11 is 0. The molecular weight excluding hydrogens is 176 g/mol. The number of phenolic OH excluding ortho intramolecular Hbond substituents is 1. The molecule has 2 rings (SSSR count).